The number of hydrogen-bond acceptors (Lipinski definition) is 3. The van der Waals surface area contributed by atoms with Crippen molar-refractivity contribution < 1.29 is 14.4 Å². The zero-order chi connectivity index (χ0) is 13.8. The number of urea groups is 1. The summed E-state index contributed by atoms with van der Waals surface area (Å²) in [5.41, 5.74) is 5.98. The van der Waals surface area contributed by atoms with Crippen molar-refractivity contribution in [2.45, 2.75) is 18.9 Å². The van der Waals surface area contributed by atoms with Crippen LogP contribution < -0.4 is 11.1 Å². The fourth-order valence-corrected chi connectivity index (χ4v) is 2.00. The summed E-state index contributed by atoms with van der Waals surface area (Å²) in [7, 11) is 0. The van der Waals surface area contributed by atoms with Gasteiger partial charge >= 0.3 is 6.03 Å². The number of amides is 4. The van der Waals surface area contributed by atoms with Gasteiger partial charge < -0.3 is 11.1 Å². The maximum atomic E-state index is 12.0. The molecule has 1 heterocycles. The summed E-state index contributed by atoms with van der Waals surface area (Å²) in [6, 6.07) is 8.40. The van der Waals surface area contributed by atoms with E-state index in [1.807, 2.05) is 30.3 Å². The molecule has 100 valence electrons. The van der Waals surface area contributed by atoms with Crippen LogP contribution in [0.4, 0.5) is 4.79 Å². The molecule has 1 fully saturated rings. The molecule has 1 atom stereocenters. The molecule has 1 aliphatic rings. The summed E-state index contributed by atoms with van der Waals surface area (Å²) in [5.74, 6) is -0.845. The van der Waals surface area contributed by atoms with E-state index >= 15 is 0 Å². The summed E-state index contributed by atoms with van der Waals surface area (Å²) in [6.45, 7) is 0.0330. The number of nitrogens with one attached hydrogen (secondary N) is 1. The Balaban J connectivity index is 1.99. The van der Waals surface area contributed by atoms with Gasteiger partial charge in [-0.1, -0.05) is 30.3 Å². The number of nitrogens with zero attached hydrogens (tertiary/aromatic N) is 1. The molecule has 19 heavy (non-hydrogen) atoms. The molecule has 0 radical (unpaired) electrons. The first-order chi connectivity index (χ1) is 9.08. The fourth-order valence-electron chi connectivity index (χ4n) is 2.00. The Hall–Kier alpha value is -2.37. The van der Waals surface area contributed by atoms with Crippen LogP contribution in [0, 0.1) is 0 Å². The maximum Gasteiger partial charge on any atom is 0.324 e. The van der Waals surface area contributed by atoms with E-state index in [0.717, 1.165) is 10.5 Å². The van der Waals surface area contributed by atoms with Gasteiger partial charge in [0.2, 0.25) is 5.91 Å². The van der Waals surface area contributed by atoms with Crippen LogP contribution in [0.5, 0.6) is 0 Å². The Kier molecular flexibility index (Phi) is 3.79. The number of imide groups is 1. The van der Waals surface area contributed by atoms with Crippen molar-refractivity contribution >= 4 is 17.8 Å². The third-order valence-electron chi connectivity index (χ3n) is 2.97. The van der Waals surface area contributed by atoms with Crippen molar-refractivity contribution in [2.75, 3.05) is 6.54 Å². The van der Waals surface area contributed by atoms with E-state index in [-0.39, 0.29) is 18.9 Å². The summed E-state index contributed by atoms with van der Waals surface area (Å²) < 4.78 is 0. The summed E-state index contributed by atoms with van der Waals surface area (Å²) in [4.78, 5) is 35.4. The van der Waals surface area contributed by atoms with Crippen LogP contribution in [-0.2, 0) is 16.0 Å². The lowest BCUT2D eigenvalue weighted by Crippen LogP contribution is -2.34. The number of carbonyl (C=O) groups is 3. The van der Waals surface area contributed by atoms with Crippen LogP contribution in [0.15, 0.2) is 30.3 Å². The van der Waals surface area contributed by atoms with Gasteiger partial charge in [0, 0.05) is 19.4 Å². The molecule has 0 spiro atoms. The van der Waals surface area contributed by atoms with Crippen molar-refractivity contribution in [3.8, 4) is 0 Å². The van der Waals surface area contributed by atoms with Crippen LogP contribution in [0.3, 0.4) is 0 Å². The molecule has 0 aliphatic carbocycles. The highest BCUT2D eigenvalue weighted by molar-refractivity contribution is 6.04. The molecule has 4 amide bonds. The number of nitrogens with two attached hydrogens (primary N) is 1. The first kappa shape index (κ1) is 13.1. The second-order valence-electron chi connectivity index (χ2n) is 4.40. The third kappa shape index (κ3) is 3.09. The summed E-state index contributed by atoms with van der Waals surface area (Å²) in [6.07, 6.45) is 0.426. The van der Waals surface area contributed by atoms with Crippen molar-refractivity contribution in [2.24, 2.45) is 5.73 Å². The Morgan fingerprint density at radius 3 is 2.58 bits per heavy atom. The van der Waals surface area contributed by atoms with Crippen molar-refractivity contribution in [3.05, 3.63) is 35.9 Å². The van der Waals surface area contributed by atoms with E-state index in [1.54, 1.807) is 0 Å². The topological polar surface area (TPSA) is 92.5 Å². The number of carbonyl (C=O) groups excluding carboxylic acids is 3. The first-order valence-electron chi connectivity index (χ1n) is 6.02. The minimum atomic E-state index is -0.567. The standard InChI is InChI=1S/C13H15N3O3/c14-11(17)6-7-16-12(18)10(15-13(16)19)8-9-4-2-1-3-5-9/h1-5,10H,6-8H2,(H2,14,17)(H,15,19)/t10-/m1/s1. The van der Waals surface area contributed by atoms with E-state index < -0.39 is 18.0 Å². The zero-order valence-corrected chi connectivity index (χ0v) is 10.3. The Morgan fingerprint density at radius 2 is 1.95 bits per heavy atom. The summed E-state index contributed by atoms with van der Waals surface area (Å²) in [5, 5.41) is 2.61. The second-order valence-corrected chi connectivity index (χ2v) is 4.40. The lowest BCUT2D eigenvalue weighted by molar-refractivity contribution is -0.127. The van der Waals surface area contributed by atoms with E-state index in [9.17, 15) is 14.4 Å². The van der Waals surface area contributed by atoms with Crippen molar-refractivity contribution in [1.82, 2.24) is 10.2 Å². The smallest absolute Gasteiger partial charge is 0.324 e. The molecule has 0 unspecified atom stereocenters. The molecule has 0 saturated carbocycles. The predicted octanol–water partition coefficient (Wildman–Crippen LogP) is 0.0249. The van der Waals surface area contributed by atoms with Gasteiger partial charge in [0.05, 0.1) is 0 Å². The molecule has 6 nitrogen and oxygen atoms in total. The van der Waals surface area contributed by atoms with Crippen LogP contribution in [0.25, 0.3) is 0 Å². The van der Waals surface area contributed by atoms with Gasteiger partial charge in [-0.3, -0.25) is 14.5 Å². The summed E-state index contributed by atoms with van der Waals surface area (Å²) >= 11 is 0. The van der Waals surface area contributed by atoms with Gasteiger partial charge in [0.1, 0.15) is 6.04 Å². The van der Waals surface area contributed by atoms with Gasteiger partial charge in [-0.2, -0.15) is 0 Å². The largest absolute Gasteiger partial charge is 0.370 e. The highest BCUT2D eigenvalue weighted by atomic mass is 16.2. The van der Waals surface area contributed by atoms with Crippen LogP contribution in [0.1, 0.15) is 12.0 Å². The number of primary amides is 1. The van der Waals surface area contributed by atoms with Gasteiger partial charge in [-0.05, 0) is 5.56 Å². The van der Waals surface area contributed by atoms with Crippen molar-refractivity contribution in [1.29, 1.82) is 0 Å². The molecule has 2 rings (SSSR count). The van der Waals surface area contributed by atoms with E-state index in [2.05, 4.69) is 5.32 Å². The number of hydrogen-bond donors (Lipinski definition) is 2. The monoisotopic (exact) mass is 261 g/mol. The molecule has 1 aromatic carbocycles. The molecule has 3 N–H and O–H groups in total. The van der Waals surface area contributed by atoms with Gasteiger partial charge in [-0.25, -0.2) is 4.79 Å². The average molecular weight is 261 g/mol. The molecule has 0 bridgehead atoms. The van der Waals surface area contributed by atoms with Crippen LogP contribution in [0.2, 0.25) is 0 Å². The van der Waals surface area contributed by atoms with Gasteiger partial charge in [-0.15, -0.1) is 0 Å². The highest BCUT2D eigenvalue weighted by Gasteiger charge is 2.37. The highest BCUT2D eigenvalue weighted by Crippen LogP contribution is 2.12. The first-order valence-corrected chi connectivity index (χ1v) is 6.02. The van der Waals surface area contributed by atoms with Crippen LogP contribution >= 0.6 is 0 Å². The molecule has 0 aromatic heterocycles. The normalized spacial score (nSPS) is 18.5. The van der Waals surface area contributed by atoms with E-state index in [4.69, 9.17) is 5.73 Å². The Labute approximate surface area is 110 Å². The molecular weight excluding hydrogens is 246 g/mol. The molecule has 1 saturated heterocycles. The van der Waals surface area contributed by atoms with Gasteiger partial charge in [0.15, 0.2) is 0 Å². The molecular formula is C13H15N3O3. The minimum Gasteiger partial charge on any atom is -0.370 e. The maximum absolute atomic E-state index is 12.0. The Bertz CT molecular complexity index is 501. The third-order valence-corrected chi connectivity index (χ3v) is 2.97. The van der Waals surface area contributed by atoms with Crippen LogP contribution in [-0.4, -0.2) is 35.3 Å². The fraction of sp³-hybridized carbons (Fsp3) is 0.308. The van der Waals surface area contributed by atoms with Crippen molar-refractivity contribution in [3.63, 3.8) is 0 Å². The predicted molar refractivity (Wildman–Crippen MR) is 68.0 cm³/mol. The lowest BCUT2D eigenvalue weighted by Gasteiger charge is -2.11. The minimum absolute atomic E-state index is 0.0166. The molecule has 1 aliphatic heterocycles. The zero-order valence-electron chi connectivity index (χ0n) is 10.3. The second kappa shape index (κ2) is 5.51. The average Bonchev–Trinajstić information content (AvgIpc) is 2.63. The lowest BCUT2D eigenvalue weighted by atomic mass is 10.1. The van der Waals surface area contributed by atoms with E-state index in [1.165, 1.54) is 0 Å². The quantitative estimate of drug-likeness (QED) is 0.732. The SMILES string of the molecule is NC(=O)CCN1C(=O)N[C@H](Cc2ccccc2)C1=O. The number of benzene rings is 1. The Morgan fingerprint density at radius 1 is 1.26 bits per heavy atom. The van der Waals surface area contributed by atoms with E-state index in [0.29, 0.717) is 6.42 Å². The number of rotatable bonds is 5. The molecule has 6 heteroatoms. The van der Waals surface area contributed by atoms with Gasteiger partial charge in [0.25, 0.3) is 5.91 Å². The molecule has 1 aromatic rings.